The number of nitrogens with zero attached hydrogens (tertiary/aromatic N) is 4. The normalized spacial score (nSPS) is 15.5. The maximum Gasteiger partial charge on any atom is 0.490 e. The van der Waals surface area contributed by atoms with Gasteiger partial charge in [0.2, 0.25) is 0 Å². The smallest absolute Gasteiger partial charge is 0.475 e. The number of halogens is 6. The van der Waals surface area contributed by atoms with Gasteiger partial charge in [-0.05, 0) is 56.5 Å². The third kappa shape index (κ3) is 10.2. The molecule has 9 nitrogen and oxygen atoms in total. The summed E-state index contributed by atoms with van der Waals surface area (Å²) in [6.45, 7) is 2.88. The number of aryl methyl sites for hydroxylation is 1. The van der Waals surface area contributed by atoms with E-state index in [9.17, 15) is 31.4 Å². The molecule has 3 aromatic heterocycles. The fraction of sp³-hybridized carbons (Fsp3) is 0.417. The van der Waals surface area contributed by atoms with Crippen LogP contribution < -0.4 is 0 Å². The molecule has 0 atom stereocenters. The standard InChI is InChI=1S/C20H24N4O.2C2HF3O2/c25-20(18-7-1-3-11-21-18)9-14-23(15-10-20)12-5-6-17-16-24-13-4-2-8-19(24)22-17;2*3-2(4,5)1(6)7/h1-4,7-8,11,13,16,25H,5-6,9-10,12,14-15H2;2*(H,6,7). The largest absolute Gasteiger partial charge is 0.490 e. The molecule has 0 aliphatic carbocycles. The van der Waals surface area contributed by atoms with Crippen LogP contribution in [0.2, 0.25) is 0 Å². The maximum absolute atomic E-state index is 10.8. The Balaban J connectivity index is 0.000000317. The molecule has 39 heavy (non-hydrogen) atoms. The summed E-state index contributed by atoms with van der Waals surface area (Å²) in [5, 5.41) is 25.1. The van der Waals surface area contributed by atoms with E-state index in [0.29, 0.717) is 0 Å². The molecule has 0 unspecified atom stereocenters. The minimum Gasteiger partial charge on any atom is -0.475 e. The Kier molecular flexibility index (Phi) is 10.8. The van der Waals surface area contributed by atoms with Crippen LogP contribution in [0.25, 0.3) is 5.65 Å². The highest BCUT2D eigenvalue weighted by Crippen LogP contribution is 2.31. The maximum atomic E-state index is 10.8. The molecule has 1 aliphatic heterocycles. The van der Waals surface area contributed by atoms with E-state index in [-0.39, 0.29) is 0 Å². The molecule has 0 radical (unpaired) electrons. The van der Waals surface area contributed by atoms with E-state index in [1.165, 1.54) is 0 Å². The predicted octanol–water partition coefficient (Wildman–Crippen LogP) is 3.91. The first-order valence-electron chi connectivity index (χ1n) is 11.5. The molecule has 1 saturated heterocycles. The second kappa shape index (κ2) is 13.4. The number of hydrogen-bond donors (Lipinski definition) is 3. The van der Waals surface area contributed by atoms with Crippen molar-refractivity contribution < 1.29 is 51.3 Å². The quantitative estimate of drug-likeness (QED) is 0.398. The van der Waals surface area contributed by atoms with Crippen LogP contribution in [0, 0.1) is 0 Å². The zero-order valence-electron chi connectivity index (χ0n) is 20.4. The first-order valence-corrected chi connectivity index (χ1v) is 11.5. The summed E-state index contributed by atoms with van der Waals surface area (Å²) in [5.74, 6) is -5.51. The number of aromatic nitrogens is 3. The number of fused-ring (bicyclic) bond motifs is 1. The molecule has 0 amide bonds. The van der Waals surface area contributed by atoms with Gasteiger partial charge in [0, 0.05) is 31.7 Å². The predicted molar refractivity (Wildman–Crippen MR) is 125 cm³/mol. The Morgan fingerprint density at radius 1 is 0.923 bits per heavy atom. The van der Waals surface area contributed by atoms with Crippen molar-refractivity contribution in [3.63, 3.8) is 0 Å². The molecular weight excluding hydrogens is 538 g/mol. The molecule has 0 saturated carbocycles. The Labute approximate surface area is 218 Å². The van der Waals surface area contributed by atoms with E-state index in [0.717, 1.165) is 62.4 Å². The summed E-state index contributed by atoms with van der Waals surface area (Å²) in [4.78, 5) is 29.2. The van der Waals surface area contributed by atoms with Crippen molar-refractivity contribution in [2.45, 2.75) is 43.6 Å². The lowest BCUT2D eigenvalue weighted by Gasteiger charge is -2.37. The summed E-state index contributed by atoms with van der Waals surface area (Å²) in [7, 11) is 0. The van der Waals surface area contributed by atoms with Gasteiger partial charge in [0.15, 0.2) is 0 Å². The summed E-state index contributed by atoms with van der Waals surface area (Å²) in [5.41, 5.74) is 2.20. The van der Waals surface area contributed by atoms with Gasteiger partial charge in [-0.3, -0.25) is 4.98 Å². The van der Waals surface area contributed by atoms with Gasteiger partial charge in [-0.25, -0.2) is 14.6 Å². The number of carboxylic acid groups (broad SMARTS) is 2. The lowest BCUT2D eigenvalue weighted by Crippen LogP contribution is -2.43. The number of likely N-dealkylation sites (tertiary alicyclic amines) is 1. The third-order valence-electron chi connectivity index (χ3n) is 5.63. The number of carbonyl (C=O) groups is 2. The Morgan fingerprint density at radius 3 is 1.97 bits per heavy atom. The lowest BCUT2D eigenvalue weighted by atomic mass is 9.87. The number of rotatable bonds is 5. The summed E-state index contributed by atoms with van der Waals surface area (Å²) in [6, 6.07) is 11.8. The molecule has 1 aliphatic rings. The van der Waals surface area contributed by atoms with Gasteiger partial charge in [-0.2, -0.15) is 26.3 Å². The van der Waals surface area contributed by atoms with Crippen molar-refractivity contribution in [3.8, 4) is 0 Å². The Bertz CT molecular complexity index is 1150. The summed E-state index contributed by atoms with van der Waals surface area (Å²) < 4.78 is 65.5. The molecule has 1 fully saturated rings. The number of alkyl halides is 6. The van der Waals surface area contributed by atoms with Gasteiger partial charge in [-0.15, -0.1) is 0 Å². The van der Waals surface area contributed by atoms with Crippen molar-refractivity contribution in [3.05, 3.63) is 66.4 Å². The highest BCUT2D eigenvalue weighted by atomic mass is 19.4. The number of hydrogen-bond acceptors (Lipinski definition) is 6. The number of imidazole rings is 1. The average molecular weight is 564 g/mol. The third-order valence-corrected chi connectivity index (χ3v) is 5.63. The molecular formula is C24H26F6N4O5. The molecule has 4 heterocycles. The van der Waals surface area contributed by atoms with Crippen LogP contribution in [0.4, 0.5) is 26.3 Å². The van der Waals surface area contributed by atoms with E-state index >= 15 is 0 Å². The molecule has 0 bridgehead atoms. The molecule has 0 aromatic carbocycles. The summed E-state index contributed by atoms with van der Waals surface area (Å²) in [6.07, 6.45) is -0.680. The van der Waals surface area contributed by atoms with Crippen LogP contribution in [0.1, 0.15) is 30.7 Å². The van der Waals surface area contributed by atoms with Crippen LogP contribution in [0.3, 0.4) is 0 Å². The second-order valence-electron chi connectivity index (χ2n) is 8.50. The van der Waals surface area contributed by atoms with Crippen molar-refractivity contribution >= 4 is 17.6 Å². The second-order valence-corrected chi connectivity index (χ2v) is 8.50. The van der Waals surface area contributed by atoms with E-state index in [4.69, 9.17) is 19.8 Å². The van der Waals surface area contributed by atoms with Crippen LogP contribution in [0.15, 0.2) is 55.0 Å². The van der Waals surface area contributed by atoms with Gasteiger partial charge in [0.25, 0.3) is 0 Å². The van der Waals surface area contributed by atoms with Gasteiger partial charge >= 0.3 is 24.3 Å². The Hall–Kier alpha value is -3.72. The van der Waals surface area contributed by atoms with Crippen LogP contribution in [-0.2, 0) is 21.6 Å². The minimum atomic E-state index is -5.08. The first-order chi connectivity index (χ1) is 18.1. The Morgan fingerprint density at radius 2 is 1.49 bits per heavy atom. The van der Waals surface area contributed by atoms with Crippen LogP contribution in [-0.4, -0.2) is 78.5 Å². The van der Waals surface area contributed by atoms with Crippen molar-refractivity contribution in [1.29, 1.82) is 0 Å². The number of piperidine rings is 1. The number of carboxylic acids is 2. The topological polar surface area (TPSA) is 128 Å². The molecule has 214 valence electrons. The van der Waals surface area contributed by atoms with Crippen molar-refractivity contribution in [2.24, 2.45) is 0 Å². The SMILES string of the molecule is O=C(O)C(F)(F)F.O=C(O)C(F)(F)F.OC1(c2ccccn2)CCN(CCCc2cn3ccccc3n2)CC1. The zero-order chi connectivity index (χ0) is 29.3. The lowest BCUT2D eigenvalue weighted by molar-refractivity contribution is -0.193. The minimum absolute atomic E-state index is 0.748. The highest BCUT2D eigenvalue weighted by Gasteiger charge is 2.39. The zero-order valence-corrected chi connectivity index (χ0v) is 20.4. The number of aliphatic carboxylic acids is 2. The first kappa shape index (κ1) is 31.5. The van der Waals surface area contributed by atoms with Gasteiger partial charge in [0.05, 0.1) is 11.4 Å². The molecule has 3 N–H and O–H groups in total. The summed E-state index contributed by atoms with van der Waals surface area (Å²) >= 11 is 0. The van der Waals surface area contributed by atoms with Gasteiger partial charge < -0.3 is 24.6 Å². The fourth-order valence-electron chi connectivity index (χ4n) is 3.63. The van der Waals surface area contributed by atoms with E-state index in [2.05, 4.69) is 25.5 Å². The van der Waals surface area contributed by atoms with Crippen LogP contribution >= 0.6 is 0 Å². The molecule has 4 rings (SSSR count). The molecule has 3 aromatic rings. The van der Waals surface area contributed by atoms with E-state index < -0.39 is 29.9 Å². The molecule has 0 spiro atoms. The monoisotopic (exact) mass is 564 g/mol. The van der Waals surface area contributed by atoms with E-state index in [1.807, 2.05) is 42.6 Å². The number of pyridine rings is 2. The fourth-order valence-corrected chi connectivity index (χ4v) is 3.63. The van der Waals surface area contributed by atoms with E-state index in [1.54, 1.807) is 6.20 Å². The molecule has 15 heteroatoms. The average Bonchev–Trinajstić information content (AvgIpc) is 3.28. The van der Waals surface area contributed by atoms with Crippen LogP contribution in [0.5, 0.6) is 0 Å². The number of aliphatic hydroxyl groups is 1. The van der Waals surface area contributed by atoms with Crippen molar-refractivity contribution in [1.82, 2.24) is 19.3 Å². The van der Waals surface area contributed by atoms with Crippen molar-refractivity contribution in [2.75, 3.05) is 19.6 Å². The van der Waals surface area contributed by atoms with Gasteiger partial charge in [0.1, 0.15) is 11.2 Å². The highest BCUT2D eigenvalue weighted by molar-refractivity contribution is 5.73. The van der Waals surface area contributed by atoms with Gasteiger partial charge in [-0.1, -0.05) is 12.1 Å².